The largest absolute Gasteiger partial charge is 0 e. The fraction of sp³-hybridized carbons (Fsp3) is 0.0392. The fourth-order valence-electron chi connectivity index (χ4n) is 6.79. The smallest absolute Gasteiger partial charge is 0 e. The molecule has 64 heavy (non-hydrogen) atoms. The van der Waals surface area contributed by atoms with E-state index in [1.165, 1.54) is 21.2 Å². The Bertz CT molecular complexity index is 2420. The van der Waals surface area contributed by atoms with Gasteiger partial charge < -0.3 is 11.5 Å². The Morgan fingerprint density at radius 2 is 0.562 bits per heavy atom. The van der Waals surface area contributed by atoms with Crippen LogP contribution in [0.5, 0.6) is 0 Å². The molecule has 0 aliphatic carbocycles. The zero-order chi connectivity index (χ0) is 44.9. The second-order valence-corrected chi connectivity index (χ2v) is 24.0. The van der Waals surface area contributed by atoms with Crippen molar-refractivity contribution in [3.63, 3.8) is 0 Å². The maximum atomic E-state index is 14.6. The first-order valence-electron chi connectivity index (χ1n) is 19.8. The van der Waals surface area contributed by atoms with Gasteiger partial charge in [-0.3, -0.25) is 4.79 Å². The van der Waals surface area contributed by atoms with Crippen molar-refractivity contribution in [3.8, 4) is 0 Å². The second-order valence-electron chi connectivity index (χ2n) is 14.2. The molecule has 0 aromatic heterocycles. The Balaban J connectivity index is 0.000000265. The van der Waals surface area contributed by atoms with Gasteiger partial charge in [0.2, 0.25) is 0 Å². The Morgan fingerprint density at radius 1 is 0.359 bits per heavy atom. The van der Waals surface area contributed by atoms with Gasteiger partial charge in [0.25, 0.3) is 0 Å². The summed E-state index contributed by atoms with van der Waals surface area (Å²) in [6.45, 7) is 0. The van der Waals surface area contributed by atoms with Gasteiger partial charge >= 0.3 is 36.4 Å². The number of benzene rings is 8. The van der Waals surface area contributed by atoms with E-state index in [1.54, 1.807) is 0 Å². The fourth-order valence-corrected chi connectivity index (χ4v) is 11.7. The summed E-state index contributed by atoms with van der Waals surface area (Å²) in [6.07, 6.45) is 0. The van der Waals surface area contributed by atoms with Crippen molar-refractivity contribution in [2.24, 2.45) is 11.5 Å². The molecule has 0 aliphatic rings. The van der Waals surface area contributed by atoms with Gasteiger partial charge in [0.05, 0.1) is 0 Å². The van der Waals surface area contributed by atoms with Gasteiger partial charge in [0.15, 0.2) is 5.78 Å². The molecule has 4 N–H and O–H groups in total. The van der Waals surface area contributed by atoms with E-state index in [1.807, 2.05) is 109 Å². The zero-order valence-electron chi connectivity index (χ0n) is 34.1. The first-order chi connectivity index (χ1) is 30.0. The van der Waals surface area contributed by atoms with Crippen LogP contribution in [0.4, 0.5) is 16.9 Å². The van der Waals surface area contributed by atoms with E-state index in [0.717, 1.165) is 32.9 Å². The third kappa shape index (κ3) is 15.2. The van der Waals surface area contributed by atoms with Crippen molar-refractivity contribution in [3.05, 3.63) is 253 Å². The molecular formula is C51H44F6N2OP2RhSb-. The summed E-state index contributed by atoms with van der Waals surface area (Å²) in [5.41, 5.74) is 16.0. The number of hydrogen-bond donors (Lipinski definition) is 2. The molecule has 0 heterocycles. The van der Waals surface area contributed by atoms with Crippen LogP contribution in [-0.4, -0.2) is 25.3 Å². The predicted octanol–water partition coefficient (Wildman–Crippen LogP) is 11.0. The van der Waals surface area contributed by atoms with Crippen LogP contribution in [0.3, 0.4) is 0 Å². The molecule has 8 rings (SSSR count). The van der Waals surface area contributed by atoms with Crippen molar-refractivity contribution in [1.82, 2.24) is 0 Å². The molecule has 2 atom stereocenters. The van der Waals surface area contributed by atoms with Gasteiger partial charge in [-0.05, 0) is 58.8 Å². The van der Waals surface area contributed by atoms with Crippen LogP contribution in [0.2, 0.25) is 0 Å². The first-order valence-corrected chi connectivity index (χ1v) is 28.2. The van der Waals surface area contributed by atoms with Crippen LogP contribution in [0.1, 0.15) is 39.1 Å². The standard InChI is InChI=1S/C37H28OP2.C14H16N2.6FH.Rh.Sb/c38-37(33-25-13-15-27-35(33)39(29-17-5-1-6-18-29)30-19-7-2-8-20-30)34-26-14-16-28-36(34)40(31-21-9-3-10-22-31)32-23-11-4-12-24-32;15-13(11-7-3-1-4-8-11)14(16)12-9-5-2-6-10-12;;;;;;;;/h1-28H;1-10,13-14H,15-16H2;6*1H;;/q;;;;;;;;;+5/p-6/t;13-,14-;;;;;;;;/m.0......../s1. The van der Waals surface area contributed by atoms with Crippen LogP contribution in [0.15, 0.2) is 231 Å². The molecule has 0 unspecified atom stereocenters. The van der Waals surface area contributed by atoms with Crippen LogP contribution >= 0.6 is 15.8 Å². The molecule has 0 fully saturated rings. The third-order valence-electron chi connectivity index (χ3n) is 9.59. The predicted molar refractivity (Wildman–Crippen MR) is 253 cm³/mol. The summed E-state index contributed by atoms with van der Waals surface area (Å²) in [4.78, 5) is 14.6. The number of nitrogens with two attached hydrogens (primary N) is 2. The number of rotatable bonds is 11. The average Bonchev–Trinajstić information content (AvgIpc) is 3.30. The molecular weight excluding hydrogens is 1060 g/mol. The van der Waals surface area contributed by atoms with Crippen LogP contribution in [0.25, 0.3) is 0 Å². The molecule has 3 nitrogen and oxygen atoms in total. The normalized spacial score (nSPS) is 13.0. The minimum absolute atomic E-state index is 0. The number of carbonyl (C=O) groups is 1. The second kappa shape index (κ2) is 21.9. The summed E-state index contributed by atoms with van der Waals surface area (Å²) < 4.78 is 59.6. The van der Waals surface area contributed by atoms with Crippen molar-refractivity contribution in [1.29, 1.82) is 0 Å². The SMILES string of the molecule is N[C@@H](c1ccccc1)[C@@H](N)c1ccccc1.O=C(c1ccccc1P(c1ccccc1)c1ccccc1)c1ccccc1P(c1ccccc1)c1ccccc1.[F][Sb-]([F])([F])([F])([F])[F].[Rh]. The number of carbonyl (C=O) groups excluding carboxylic acids is 1. The van der Waals surface area contributed by atoms with E-state index < -0.39 is 35.3 Å². The molecule has 1 radical (unpaired) electrons. The van der Waals surface area contributed by atoms with E-state index >= 15 is 0 Å². The van der Waals surface area contributed by atoms with Crippen molar-refractivity contribution in [2.75, 3.05) is 0 Å². The molecule has 0 bridgehead atoms. The number of hydrogen-bond acceptors (Lipinski definition) is 3. The summed E-state index contributed by atoms with van der Waals surface area (Å²) in [5, 5.41) is 7.08. The minimum Gasteiger partial charge on any atom is 0 e. The number of ketones is 1. The van der Waals surface area contributed by atoms with Gasteiger partial charge in [-0.15, -0.1) is 0 Å². The van der Waals surface area contributed by atoms with Gasteiger partial charge in [0, 0.05) is 42.7 Å². The molecule has 13 heteroatoms. The first kappa shape index (κ1) is 50.2. The third-order valence-corrected chi connectivity index (χ3v) is 14.6. The summed E-state index contributed by atoms with van der Waals surface area (Å²) in [6, 6.07) is 78.2. The molecule has 8 aromatic rings. The van der Waals surface area contributed by atoms with E-state index in [-0.39, 0.29) is 37.3 Å². The Labute approximate surface area is 387 Å². The van der Waals surface area contributed by atoms with Gasteiger partial charge in [-0.1, -0.05) is 231 Å². The molecule has 0 saturated carbocycles. The molecule has 0 spiro atoms. The summed E-state index contributed by atoms with van der Waals surface area (Å²) >= 11 is -11.2. The van der Waals surface area contributed by atoms with Crippen molar-refractivity contribution < 1.29 is 41.2 Å². The molecule has 0 saturated heterocycles. The Morgan fingerprint density at radius 3 is 0.812 bits per heavy atom. The van der Waals surface area contributed by atoms with E-state index in [0.29, 0.717) is 0 Å². The Hall–Kier alpha value is -4.77. The van der Waals surface area contributed by atoms with E-state index in [4.69, 9.17) is 11.5 Å². The maximum absolute atomic E-state index is 14.6. The summed E-state index contributed by atoms with van der Waals surface area (Å²) in [5.74, 6) is 0.0740. The van der Waals surface area contributed by atoms with Gasteiger partial charge in [-0.2, -0.15) is 0 Å². The minimum atomic E-state index is -11.2. The van der Waals surface area contributed by atoms with Gasteiger partial charge in [-0.25, -0.2) is 0 Å². The molecule has 331 valence electrons. The molecule has 0 amide bonds. The van der Waals surface area contributed by atoms with Crippen molar-refractivity contribution >= 4 is 72.9 Å². The van der Waals surface area contributed by atoms with Crippen LogP contribution in [-0.2, 0) is 19.5 Å². The molecule has 0 aliphatic heterocycles. The number of halogens is 6. The summed E-state index contributed by atoms with van der Waals surface area (Å²) in [7, 11) is -1.84. The van der Waals surface area contributed by atoms with Crippen LogP contribution in [0, 0.1) is 0 Å². The van der Waals surface area contributed by atoms with Crippen molar-refractivity contribution in [2.45, 2.75) is 12.1 Å². The average molecular weight is 1100 g/mol. The topological polar surface area (TPSA) is 69.1 Å². The van der Waals surface area contributed by atoms with E-state index in [9.17, 15) is 21.7 Å². The van der Waals surface area contributed by atoms with Crippen LogP contribution < -0.4 is 43.3 Å². The molecule has 8 aromatic carbocycles. The Kier molecular flexibility index (Phi) is 17.2. The quantitative estimate of drug-likeness (QED) is 0.0587. The van der Waals surface area contributed by atoms with E-state index in [2.05, 4.69) is 121 Å². The maximum Gasteiger partial charge on any atom is 0 e. The monoisotopic (exact) mass is 1100 g/mol. The zero-order valence-corrected chi connectivity index (χ0v) is 40.1. The van der Waals surface area contributed by atoms with Gasteiger partial charge in [0.1, 0.15) is 0 Å².